The Morgan fingerprint density at radius 3 is 2.55 bits per heavy atom. The quantitative estimate of drug-likeness (QED) is 0.679. The molecule has 120 valence electrons. The van der Waals surface area contributed by atoms with E-state index in [0.29, 0.717) is 18.8 Å². The first-order chi connectivity index (χ1) is 9.49. The van der Waals surface area contributed by atoms with Crippen LogP contribution in [0.3, 0.4) is 0 Å². The molecule has 1 saturated heterocycles. The molecule has 1 fully saturated rings. The van der Waals surface area contributed by atoms with Crippen LogP contribution in [0.1, 0.15) is 47.0 Å². The van der Waals surface area contributed by atoms with Gasteiger partial charge in [0.1, 0.15) is 0 Å². The molecule has 0 saturated carbocycles. The lowest BCUT2D eigenvalue weighted by atomic mass is 9.84. The van der Waals surface area contributed by atoms with Crippen LogP contribution in [0.25, 0.3) is 0 Å². The van der Waals surface area contributed by atoms with Gasteiger partial charge in [0.15, 0.2) is 0 Å². The number of aliphatic hydroxyl groups is 1. The second-order valence-corrected chi connectivity index (χ2v) is 6.73. The van der Waals surface area contributed by atoms with Gasteiger partial charge in [0.25, 0.3) is 0 Å². The number of piperidine rings is 1. The molecule has 0 bridgehead atoms. The average molecular weight is 286 g/mol. The van der Waals surface area contributed by atoms with Crippen molar-refractivity contribution in [1.82, 2.24) is 10.2 Å². The van der Waals surface area contributed by atoms with E-state index in [1.54, 1.807) is 0 Å². The topological polar surface area (TPSA) is 44.7 Å². The average Bonchev–Trinajstić information content (AvgIpc) is 2.43. The molecule has 0 amide bonds. The number of nitrogens with one attached hydrogen (secondary N) is 1. The van der Waals surface area contributed by atoms with E-state index >= 15 is 0 Å². The molecule has 20 heavy (non-hydrogen) atoms. The predicted molar refractivity (Wildman–Crippen MR) is 84.0 cm³/mol. The third kappa shape index (κ3) is 6.08. The largest absolute Gasteiger partial charge is 0.394 e. The summed E-state index contributed by atoms with van der Waals surface area (Å²) in [6, 6.07) is 0.533. The van der Waals surface area contributed by atoms with Crippen molar-refractivity contribution in [3.63, 3.8) is 0 Å². The van der Waals surface area contributed by atoms with Crippen molar-refractivity contribution < 1.29 is 9.84 Å². The molecule has 1 atom stereocenters. The number of ether oxygens (including phenoxy) is 1. The van der Waals surface area contributed by atoms with Gasteiger partial charge in [-0.15, -0.1) is 0 Å². The molecule has 1 heterocycles. The van der Waals surface area contributed by atoms with Gasteiger partial charge in [-0.25, -0.2) is 0 Å². The highest BCUT2D eigenvalue weighted by Crippen LogP contribution is 2.24. The summed E-state index contributed by atoms with van der Waals surface area (Å²) in [7, 11) is 0. The Balaban J connectivity index is 2.30. The summed E-state index contributed by atoms with van der Waals surface area (Å²) in [6.45, 7) is 14.3. The Bertz CT molecular complexity index is 251. The highest BCUT2D eigenvalue weighted by atomic mass is 16.5. The molecule has 0 aromatic rings. The molecule has 0 spiro atoms. The normalized spacial score (nSPS) is 20.2. The highest BCUT2D eigenvalue weighted by molar-refractivity contribution is 4.85. The SMILES string of the molecule is CCCNC(C)C(C)(C)CN1CCC(OCCO)CC1. The van der Waals surface area contributed by atoms with Gasteiger partial charge < -0.3 is 20.1 Å². The Hall–Kier alpha value is -0.160. The molecule has 0 aliphatic carbocycles. The van der Waals surface area contributed by atoms with Crippen LogP contribution in [0.5, 0.6) is 0 Å². The summed E-state index contributed by atoms with van der Waals surface area (Å²) in [5.41, 5.74) is 0.286. The molecule has 0 aromatic heterocycles. The predicted octanol–water partition coefficient (Wildman–Crippen LogP) is 1.87. The molecule has 1 aliphatic rings. The second kappa shape index (κ2) is 8.98. The fraction of sp³-hybridized carbons (Fsp3) is 1.00. The van der Waals surface area contributed by atoms with Gasteiger partial charge in [0.05, 0.1) is 19.3 Å². The zero-order chi connectivity index (χ0) is 15.0. The van der Waals surface area contributed by atoms with Crippen LogP contribution in [0.4, 0.5) is 0 Å². The third-order valence-electron chi connectivity index (χ3n) is 4.48. The van der Waals surface area contributed by atoms with Gasteiger partial charge in [-0.1, -0.05) is 20.8 Å². The molecule has 1 unspecified atom stereocenters. The van der Waals surface area contributed by atoms with Gasteiger partial charge >= 0.3 is 0 Å². The maximum absolute atomic E-state index is 8.79. The third-order valence-corrected chi connectivity index (χ3v) is 4.48. The fourth-order valence-electron chi connectivity index (χ4n) is 2.80. The van der Waals surface area contributed by atoms with E-state index in [0.717, 1.165) is 39.0 Å². The van der Waals surface area contributed by atoms with Crippen molar-refractivity contribution >= 4 is 0 Å². The number of rotatable bonds is 9. The molecular weight excluding hydrogens is 252 g/mol. The van der Waals surface area contributed by atoms with Gasteiger partial charge in [-0.05, 0) is 38.1 Å². The van der Waals surface area contributed by atoms with Crippen LogP contribution >= 0.6 is 0 Å². The van der Waals surface area contributed by atoms with Crippen LogP contribution in [-0.2, 0) is 4.74 Å². The van der Waals surface area contributed by atoms with Gasteiger partial charge in [0.2, 0.25) is 0 Å². The van der Waals surface area contributed by atoms with E-state index in [1.807, 2.05) is 0 Å². The van der Waals surface area contributed by atoms with Gasteiger partial charge in [0, 0.05) is 25.7 Å². The first kappa shape index (κ1) is 17.9. The molecule has 0 aromatic carbocycles. The Morgan fingerprint density at radius 1 is 1.35 bits per heavy atom. The zero-order valence-corrected chi connectivity index (χ0v) is 13.8. The second-order valence-electron chi connectivity index (χ2n) is 6.73. The van der Waals surface area contributed by atoms with E-state index in [-0.39, 0.29) is 12.0 Å². The van der Waals surface area contributed by atoms with E-state index in [4.69, 9.17) is 9.84 Å². The maximum Gasteiger partial charge on any atom is 0.0701 e. The standard InChI is InChI=1S/C16H34N2O2/c1-5-8-17-14(2)16(3,4)13-18-9-6-15(7-10-18)20-12-11-19/h14-15,17,19H,5-13H2,1-4H3. The minimum atomic E-state index is 0.133. The monoisotopic (exact) mass is 286 g/mol. The van der Waals surface area contributed by atoms with Crippen LogP contribution < -0.4 is 5.32 Å². The molecule has 1 rings (SSSR count). The molecular formula is C16H34N2O2. The van der Waals surface area contributed by atoms with Crippen molar-refractivity contribution in [2.45, 2.75) is 59.1 Å². The first-order valence-corrected chi connectivity index (χ1v) is 8.17. The van der Waals surface area contributed by atoms with E-state index in [1.165, 1.54) is 6.42 Å². The molecule has 4 heteroatoms. The molecule has 4 nitrogen and oxygen atoms in total. The summed E-state index contributed by atoms with van der Waals surface area (Å²) < 4.78 is 5.62. The first-order valence-electron chi connectivity index (χ1n) is 8.17. The van der Waals surface area contributed by atoms with Crippen LogP contribution in [-0.4, -0.2) is 61.5 Å². The fourth-order valence-corrected chi connectivity index (χ4v) is 2.80. The number of likely N-dealkylation sites (tertiary alicyclic amines) is 1. The molecule has 1 aliphatic heterocycles. The lowest BCUT2D eigenvalue weighted by Gasteiger charge is -2.40. The number of hydrogen-bond donors (Lipinski definition) is 2. The van der Waals surface area contributed by atoms with Crippen LogP contribution in [0, 0.1) is 5.41 Å². The van der Waals surface area contributed by atoms with E-state index in [9.17, 15) is 0 Å². The summed E-state index contributed by atoms with van der Waals surface area (Å²) in [5.74, 6) is 0. The highest BCUT2D eigenvalue weighted by Gasteiger charge is 2.30. The van der Waals surface area contributed by atoms with E-state index in [2.05, 4.69) is 37.9 Å². The van der Waals surface area contributed by atoms with Crippen molar-refractivity contribution in [1.29, 1.82) is 0 Å². The summed E-state index contributed by atoms with van der Waals surface area (Å²) >= 11 is 0. The van der Waals surface area contributed by atoms with Crippen molar-refractivity contribution in [2.24, 2.45) is 5.41 Å². The lowest BCUT2D eigenvalue weighted by Crippen LogP contribution is -2.49. The maximum atomic E-state index is 8.79. The summed E-state index contributed by atoms with van der Waals surface area (Å²) in [5, 5.41) is 12.4. The van der Waals surface area contributed by atoms with Crippen LogP contribution in [0.15, 0.2) is 0 Å². The zero-order valence-electron chi connectivity index (χ0n) is 13.8. The molecule has 2 N–H and O–H groups in total. The Kier molecular flexibility index (Phi) is 8.03. The van der Waals surface area contributed by atoms with E-state index < -0.39 is 0 Å². The smallest absolute Gasteiger partial charge is 0.0701 e. The number of nitrogens with zero attached hydrogens (tertiary/aromatic N) is 1. The number of hydrogen-bond acceptors (Lipinski definition) is 4. The minimum Gasteiger partial charge on any atom is -0.394 e. The molecule has 0 radical (unpaired) electrons. The Morgan fingerprint density at radius 2 is 2.00 bits per heavy atom. The van der Waals surface area contributed by atoms with Crippen molar-refractivity contribution in [2.75, 3.05) is 39.4 Å². The van der Waals surface area contributed by atoms with Crippen molar-refractivity contribution in [3.05, 3.63) is 0 Å². The van der Waals surface area contributed by atoms with Crippen molar-refractivity contribution in [3.8, 4) is 0 Å². The van der Waals surface area contributed by atoms with Gasteiger partial charge in [-0.2, -0.15) is 0 Å². The Labute approximate surface area is 124 Å². The van der Waals surface area contributed by atoms with Gasteiger partial charge in [-0.3, -0.25) is 0 Å². The summed E-state index contributed by atoms with van der Waals surface area (Å²) in [6.07, 6.45) is 3.71. The summed E-state index contributed by atoms with van der Waals surface area (Å²) in [4.78, 5) is 2.56. The number of aliphatic hydroxyl groups excluding tert-OH is 1. The minimum absolute atomic E-state index is 0.133. The lowest BCUT2D eigenvalue weighted by molar-refractivity contribution is -0.0147. The van der Waals surface area contributed by atoms with Crippen LogP contribution in [0.2, 0.25) is 0 Å².